The zero-order chi connectivity index (χ0) is 13.1. The van der Waals surface area contributed by atoms with E-state index in [1.54, 1.807) is 0 Å². The number of benzene rings is 1. The SMILES string of the molecule is Clc1oc2ccccc2c1CNCCOCC1CC1. The zero-order valence-corrected chi connectivity index (χ0v) is 11.6. The molecule has 3 nitrogen and oxygen atoms in total. The van der Waals surface area contributed by atoms with Crippen molar-refractivity contribution in [3.63, 3.8) is 0 Å². The Morgan fingerprint density at radius 3 is 3.00 bits per heavy atom. The van der Waals surface area contributed by atoms with Gasteiger partial charge in [0.05, 0.1) is 6.61 Å². The van der Waals surface area contributed by atoms with Crippen molar-refractivity contribution in [2.75, 3.05) is 19.8 Å². The van der Waals surface area contributed by atoms with Gasteiger partial charge in [-0.25, -0.2) is 0 Å². The molecule has 1 aromatic heterocycles. The molecule has 0 saturated heterocycles. The first-order chi connectivity index (χ1) is 9.34. The van der Waals surface area contributed by atoms with Gasteiger partial charge in [-0.15, -0.1) is 0 Å². The van der Waals surface area contributed by atoms with E-state index in [0.717, 1.165) is 42.2 Å². The summed E-state index contributed by atoms with van der Waals surface area (Å²) in [6, 6.07) is 7.91. The fourth-order valence-electron chi connectivity index (χ4n) is 2.13. The Morgan fingerprint density at radius 1 is 1.32 bits per heavy atom. The maximum atomic E-state index is 6.12. The minimum Gasteiger partial charge on any atom is -0.444 e. The molecule has 1 fully saturated rings. The van der Waals surface area contributed by atoms with Crippen LogP contribution in [-0.2, 0) is 11.3 Å². The number of furan rings is 1. The fraction of sp³-hybridized carbons (Fsp3) is 0.467. The minimum absolute atomic E-state index is 0.479. The Labute approximate surface area is 117 Å². The van der Waals surface area contributed by atoms with Crippen LogP contribution in [0.3, 0.4) is 0 Å². The van der Waals surface area contributed by atoms with E-state index in [4.69, 9.17) is 20.8 Å². The lowest BCUT2D eigenvalue weighted by atomic mass is 10.2. The summed E-state index contributed by atoms with van der Waals surface area (Å²) >= 11 is 6.12. The highest BCUT2D eigenvalue weighted by atomic mass is 35.5. The summed E-state index contributed by atoms with van der Waals surface area (Å²) in [6.07, 6.45) is 2.67. The van der Waals surface area contributed by atoms with Crippen LogP contribution < -0.4 is 5.32 Å². The van der Waals surface area contributed by atoms with Crippen LogP contribution in [-0.4, -0.2) is 19.8 Å². The van der Waals surface area contributed by atoms with Crippen molar-refractivity contribution < 1.29 is 9.15 Å². The molecule has 0 amide bonds. The van der Waals surface area contributed by atoms with E-state index >= 15 is 0 Å². The Kier molecular flexibility index (Phi) is 4.06. The predicted molar refractivity (Wildman–Crippen MR) is 76.5 cm³/mol. The highest BCUT2D eigenvalue weighted by molar-refractivity contribution is 6.30. The second-order valence-electron chi connectivity index (χ2n) is 5.05. The molecule has 1 heterocycles. The number of hydrogen-bond donors (Lipinski definition) is 1. The summed E-state index contributed by atoms with van der Waals surface area (Å²) in [5.74, 6) is 0.826. The summed E-state index contributed by atoms with van der Waals surface area (Å²) in [6.45, 7) is 3.21. The predicted octanol–water partition coefficient (Wildman–Crippen LogP) is 3.60. The van der Waals surface area contributed by atoms with Crippen LogP contribution in [0.15, 0.2) is 28.7 Å². The lowest BCUT2D eigenvalue weighted by molar-refractivity contribution is 0.126. The van der Waals surface area contributed by atoms with Crippen LogP contribution in [0, 0.1) is 5.92 Å². The number of ether oxygens (including phenoxy) is 1. The Hall–Kier alpha value is -1.03. The second-order valence-corrected chi connectivity index (χ2v) is 5.39. The number of para-hydroxylation sites is 1. The average Bonchev–Trinajstić information content (AvgIpc) is 3.18. The number of halogens is 1. The molecule has 4 heteroatoms. The summed E-state index contributed by atoms with van der Waals surface area (Å²) < 4.78 is 11.1. The zero-order valence-electron chi connectivity index (χ0n) is 10.8. The van der Waals surface area contributed by atoms with Gasteiger partial charge >= 0.3 is 0 Å². The van der Waals surface area contributed by atoms with E-state index in [1.807, 2.05) is 24.3 Å². The molecule has 1 aliphatic carbocycles. The molecule has 1 saturated carbocycles. The van der Waals surface area contributed by atoms with Crippen molar-refractivity contribution in [2.24, 2.45) is 5.92 Å². The van der Waals surface area contributed by atoms with Crippen LogP contribution >= 0.6 is 11.6 Å². The summed E-state index contributed by atoms with van der Waals surface area (Å²) in [4.78, 5) is 0. The standard InChI is InChI=1S/C15H18ClNO2/c16-15-13(12-3-1-2-4-14(12)19-15)9-17-7-8-18-10-11-5-6-11/h1-4,11,17H,5-10H2. The quantitative estimate of drug-likeness (QED) is 0.787. The molecule has 0 radical (unpaired) electrons. The van der Waals surface area contributed by atoms with Gasteiger partial charge in [0, 0.05) is 30.6 Å². The van der Waals surface area contributed by atoms with Crippen molar-refractivity contribution in [3.8, 4) is 0 Å². The number of rotatable bonds is 7. The Bertz CT molecular complexity index is 548. The third kappa shape index (κ3) is 3.30. The first-order valence-electron chi connectivity index (χ1n) is 6.79. The van der Waals surface area contributed by atoms with Crippen molar-refractivity contribution in [2.45, 2.75) is 19.4 Å². The second kappa shape index (κ2) is 5.95. The van der Waals surface area contributed by atoms with Gasteiger partial charge in [-0.05, 0) is 36.4 Å². The van der Waals surface area contributed by atoms with Crippen molar-refractivity contribution in [1.82, 2.24) is 5.32 Å². The van der Waals surface area contributed by atoms with Gasteiger partial charge in [-0.3, -0.25) is 0 Å². The third-order valence-electron chi connectivity index (χ3n) is 3.42. The first-order valence-corrected chi connectivity index (χ1v) is 7.17. The molecule has 2 aromatic rings. The third-order valence-corrected chi connectivity index (χ3v) is 3.73. The molecule has 1 aliphatic rings. The lowest BCUT2D eigenvalue weighted by Gasteiger charge is -2.05. The van der Waals surface area contributed by atoms with E-state index < -0.39 is 0 Å². The highest BCUT2D eigenvalue weighted by Crippen LogP contribution is 2.29. The largest absolute Gasteiger partial charge is 0.444 e. The first kappa shape index (κ1) is 13.0. The highest BCUT2D eigenvalue weighted by Gasteiger charge is 2.20. The molecule has 0 spiro atoms. The molecule has 1 N–H and O–H groups in total. The van der Waals surface area contributed by atoms with Gasteiger partial charge in [0.1, 0.15) is 5.58 Å². The van der Waals surface area contributed by atoms with Gasteiger partial charge in [0.15, 0.2) is 5.22 Å². The van der Waals surface area contributed by atoms with Crippen molar-refractivity contribution >= 4 is 22.6 Å². The topological polar surface area (TPSA) is 34.4 Å². The fourth-order valence-corrected chi connectivity index (χ4v) is 2.38. The van der Waals surface area contributed by atoms with E-state index in [0.29, 0.717) is 11.8 Å². The maximum Gasteiger partial charge on any atom is 0.199 e. The lowest BCUT2D eigenvalue weighted by Crippen LogP contribution is -2.19. The van der Waals surface area contributed by atoms with Crippen molar-refractivity contribution in [3.05, 3.63) is 35.0 Å². The summed E-state index contributed by atoms with van der Waals surface area (Å²) in [5, 5.41) is 4.91. The molecule has 19 heavy (non-hydrogen) atoms. The van der Waals surface area contributed by atoms with Gasteiger partial charge in [0.25, 0.3) is 0 Å². The minimum atomic E-state index is 0.479. The molecule has 0 unspecified atom stereocenters. The molecule has 3 rings (SSSR count). The van der Waals surface area contributed by atoms with E-state index in [9.17, 15) is 0 Å². The normalized spacial score (nSPS) is 15.2. The van der Waals surface area contributed by atoms with E-state index in [1.165, 1.54) is 12.8 Å². The molecule has 102 valence electrons. The van der Waals surface area contributed by atoms with Gasteiger partial charge in [-0.2, -0.15) is 0 Å². The summed E-state index contributed by atoms with van der Waals surface area (Å²) in [7, 11) is 0. The summed E-state index contributed by atoms with van der Waals surface area (Å²) in [5.41, 5.74) is 1.87. The van der Waals surface area contributed by atoms with Gasteiger partial charge < -0.3 is 14.5 Å². The molecule has 0 atom stereocenters. The van der Waals surface area contributed by atoms with Crippen LogP contribution in [0.4, 0.5) is 0 Å². The van der Waals surface area contributed by atoms with Gasteiger partial charge in [-0.1, -0.05) is 18.2 Å². The van der Waals surface area contributed by atoms with E-state index in [-0.39, 0.29) is 0 Å². The van der Waals surface area contributed by atoms with Crippen molar-refractivity contribution in [1.29, 1.82) is 0 Å². The number of fused-ring (bicyclic) bond motifs is 1. The maximum absolute atomic E-state index is 6.12. The molecular formula is C15H18ClNO2. The monoisotopic (exact) mass is 279 g/mol. The molecule has 0 aliphatic heterocycles. The molecular weight excluding hydrogens is 262 g/mol. The van der Waals surface area contributed by atoms with Crippen LogP contribution in [0.25, 0.3) is 11.0 Å². The Morgan fingerprint density at radius 2 is 2.16 bits per heavy atom. The smallest absolute Gasteiger partial charge is 0.199 e. The van der Waals surface area contributed by atoms with Crippen LogP contribution in [0.1, 0.15) is 18.4 Å². The van der Waals surface area contributed by atoms with Gasteiger partial charge in [0.2, 0.25) is 0 Å². The Balaban J connectivity index is 1.48. The number of hydrogen-bond acceptors (Lipinski definition) is 3. The molecule has 1 aromatic carbocycles. The molecule has 0 bridgehead atoms. The van der Waals surface area contributed by atoms with E-state index in [2.05, 4.69) is 5.32 Å². The number of nitrogens with one attached hydrogen (secondary N) is 1. The van der Waals surface area contributed by atoms with Crippen LogP contribution in [0.2, 0.25) is 5.22 Å². The van der Waals surface area contributed by atoms with Crippen LogP contribution in [0.5, 0.6) is 0 Å². The average molecular weight is 280 g/mol.